The highest BCUT2D eigenvalue weighted by Crippen LogP contribution is 2.43. The largest absolute Gasteiger partial charge is 0.394 e. The van der Waals surface area contributed by atoms with Crippen molar-refractivity contribution in [1.29, 1.82) is 0 Å². The van der Waals surface area contributed by atoms with E-state index in [1.807, 2.05) is 34.6 Å². The van der Waals surface area contributed by atoms with Gasteiger partial charge >= 0.3 is 0 Å². The lowest BCUT2D eigenvalue weighted by molar-refractivity contribution is 0.0877. The molecule has 0 radical (unpaired) electrons. The Morgan fingerprint density at radius 1 is 1.00 bits per heavy atom. The first-order valence-corrected chi connectivity index (χ1v) is 9.15. The van der Waals surface area contributed by atoms with Gasteiger partial charge in [0.05, 0.1) is 12.7 Å². The number of aliphatic hydroxyl groups is 2. The third kappa shape index (κ3) is 11.8. The lowest BCUT2D eigenvalue weighted by atomic mass is 10.2. The Kier molecular flexibility index (Phi) is 18.5. The van der Waals surface area contributed by atoms with Crippen LogP contribution in [0.5, 0.6) is 0 Å². The van der Waals surface area contributed by atoms with Gasteiger partial charge in [-0.15, -0.1) is 0 Å². The van der Waals surface area contributed by atoms with Gasteiger partial charge in [0.25, 0.3) is 0 Å². The number of fused-ring (bicyclic) bond motifs is 2. The van der Waals surface area contributed by atoms with Crippen LogP contribution in [-0.2, 0) is 0 Å². The van der Waals surface area contributed by atoms with Crippen LogP contribution in [0.1, 0.15) is 79.6 Å². The molecule has 2 aliphatic rings. The molecule has 2 heterocycles. The van der Waals surface area contributed by atoms with Crippen LogP contribution < -0.4 is 0 Å². The van der Waals surface area contributed by atoms with E-state index in [1.54, 1.807) is 0 Å². The van der Waals surface area contributed by atoms with Crippen LogP contribution in [0.25, 0.3) is 0 Å². The van der Waals surface area contributed by atoms with Crippen molar-refractivity contribution in [1.82, 2.24) is 0 Å². The summed E-state index contributed by atoms with van der Waals surface area (Å²) in [7, 11) is 0. The molecule has 3 atom stereocenters. The Labute approximate surface area is 125 Å². The van der Waals surface area contributed by atoms with Crippen molar-refractivity contribution in [2.24, 2.45) is 0 Å². The van der Waals surface area contributed by atoms with Gasteiger partial charge in [-0.05, 0) is 32.1 Å². The van der Waals surface area contributed by atoms with E-state index in [2.05, 4.69) is 11.8 Å². The van der Waals surface area contributed by atoms with Crippen LogP contribution in [0.3, 0.4) is 0 Å². The van der Waals surface area contributed by atoms with E-state index in [0.29, 0.717) is 6.42 Å². The zero-order chi connectivity index (χ0) is 15.1. The van der Waals surface area contributed by atoms with Gasteiger partial charge in [0.15, 0.2) is 0 Å². The predicted molar refractivity (Wildman–Crippen MR) is 88.9 cm³/mol. The maximum atomic E-state index is 8.61. The maximum Gasteiger partial charge on any atom is 0.0770 e. The molecular weight excluding hydrogens is 256 g/mol. The molecule has 3 unspecified atom stereocenters. The lowest BCUT2D eigenvalue weighted by Gasteiger charge is -2.16. The van der Waals surface area contributed by atoms with Crippen molar-refractivity contribution in [3.63, 3.8) is 0 Å². The van der Waals surface area contributed by atoms with E-state index in [1.165, 1.54) is 32.1 Å². The number of aliphatic hydroxyl groups excluding tert-OH is 2. The summed E-state index contributed by atoms with van der Waals surface area (Å²) in [5, 5.41) is 19.0. The zero-order valence-electron chi connectivity index (χ0n) is 13.7. The van der Waals surface area contributed by atoms with E-state index in [0.717, 1.165) is 16.9 Å². The molecule has 0 saturated carbocycles. The number of hydrogen-bond donors (Lipinski definition) is 2. The molecule has 19 heavy (non-hydrogen) atoms. The quantitative estimate of drug-likeness (QED) is 0.797. The van der Waals surface area contributed by atoms with E-state index in [-0.39, 0.29) is 6.61 Å². The smallest absolute Gasteiger partial charge is 0.0770 e. The van der Waals surface area contributed by atoms with Gasteiger partial charge in [-0.3, -0.25) is 0 Å². The lowest BCUT2D eigenvalue weighted by Crippen LogP contribution is -2.10. The Bertz CT molecular complexity index is 151. The summed E-state index contributed by atoms with van der Waals surface area (Å²) in [4.78, 5) is 0. The summed E-state index contributed by atoms with van der Waals surface area (Å²) in [6, 6.07) is 0. The highest BCUT2D eigenvalue weighted by atomic mass is 32.2. The Hall–Kier alpha value is 0.270. The summed E-state index contributed by atoms with van der Waals surface area (Å²) < 4.78 is 0. The van der Waals surface area contributed by atoms with Crippen molar-refractivity contribution >= 4 is 11.8 Å². The van der Waals surface area contributed by atoms with Gasteiger partial charge in [0.1, 0.15) is 0 Å². The van der Waals surface area contributed by atoms with Crippen LogP contribution in [-0.4, -0.2) is 33.4 Å². The maximum absolute atomic E-state index is 8.61. The molecule has 3 heteroatoms. The second kappa shape index (κ2) is 16.3. The molecule has 2 saturated heterocycles. The second-order valence-electron chi connectivity index (χ2n) is 4.51. The normalized spacial score (nSPS) is 24.8. The minimum Gasteiger partial charge on any atom is -0.394 e. The van der Waals surface area contributed by atoms with Gasteiger partial charge in [-0.2, -0.15) is 11.8 Å². The van der Waals surface area contributed by atoms with Crippen LogP contribution in [0, 0.1) is 0 Å². The molecule has 0 amide bonds. The predicted octanol–water partition coefficient (Wildman–Crippen LogP) is 4.63. The molecule has 0 aliphatic carbocycles. The molecule has 0 spiro atoms. The molecule has 2 bridgehead atoms. The molecule has 118 valence electrons. The minimum atomic E-state index is -0.495. The first-order chi connectivity index (χ1) is 9.26. The molecule has 0 aromatic rings. The van der Waals surface area contributed by atoms with E-state index in [9.17, 15) is 0 Å². The first-order valence-electron chi connectivity index (χ1n) is 8.20. The molecule has 2 nitrogen and oxygen atoms in total. The number of rotatable bonds is 3. The Morgan fingerprint density at radius 3 is 1.74 bits per heavy atom. The van der Waals surface area contributed by atoms with E-state index < -0.39 is 6.10 Å². The van der Waals surface area contributed by atoms with Crippen LogP contribution in [0.2, 0.25) is 0 Å². The van der Waals surface area contributed by atoms with Crippen molar-refractivity contribution in [2.75, 3.05) is 6.61 Å². The second-order valence-corrected chi connectivity index (χ2v) is 6.12. The number of thioether (sulfide) groups is 1. The van der Waals surface area contributed by atoms with Gasteiger partial charge < -0.3 is 10.2 Å². The summed E-state index contributed by atoms with van der Waals surface area (Å²) in [5.74, 6) is 0. The van der Waals surface area contributed by atoms with Crippen LogP contribution >= 0.6 is 11.8 Å². The topological polar surface area (TPSA) is 40.5 Å². The minimum absolute atomic E-state index is 0.103. The number of hydrogen-bond acceptors (Lipinski definition) is 3. The molecule has 2 N–H and O–H groups in total. The Morgan fingerprint density at radius 2 is 1.47 bits per heavy atom. The molecule has 0 aromatic heterocycles. The highest BCUT2D eigenvalue weighted by molar-refractivity contribution is 8.00. The van der Waals surface area contributed by atoms with E-state index >= 15 is 0 Å². The van der Waals surface area contributed by atoms with Crippen LogP contribution in [0.15, 0.2) is 0 Å². The SMILES string of the molecule is C1CC2CCC(C1)S2.CC.CC.CCCC(O)CO. The van der Waals surface area contributed by atoms with Crippen molar-refractivity contribution in [3.8, 4) is 0 Å². The monoisotopic (exact) mass is 292 g/mol. The summed E-state index contributed by atoms with van der Waals surface area (Å²) in [5.41, 5.74) is 0. The Balaban J connectivity index is 0. The third-order valence-corrected chi connectivity index (χ3v) is 4.79. The van der Waals surface area contributed by atoms with Crippen LogP contribution in [0.4, 0.5) is 0 Å². The molecule has 2 rings (SSSR count). The fraction of sp³-hybridized carbons (Fsp3) is 1.00. The van der Waals surface area contributed by atoms with Gasteiger partial charge in [-0.1, -0.05) is 47.5 Å². The molecular formula is C16H36O2S. The van der Waals surface area contributed by atoms with Crippen molar-refractivity contribution < 1.29 is 10.2 Å². The fourth-order valence-corrected chi connectivity index (χ4v) is 3.90. The highest BCUT2D eigenvalue weighted by Gasteiger charge is 2.28. The zero-order valence-corrected chi connectivity index (χ0v) is 14.5. The van der Waals surface area contributed by atoms with Gasteiger partial charge in [0, 0.05) is 10.5 Å². The van der Waals surface area contributed by atoms with Gasteiger partial charge in [0.2, 0.25) is 0 Å². The molecule has 2 aliphatic heterocycles. The average molecular weight is 293 g/mol. The summed E-state index contributed by atoms with van der Waals surface area (Å²) >= 11 is 2.25. The van der Waals surface area contributed by atoms with E-state index in [4.69, 9.17) is 10.2 Å². The van der Waals surface area contributed by atoms with Crippen molar-refractivity contribution in [3.05, 3.63) is 0 Å². The fourth-order valence-electron chi connectivity index (χ4n) is 2.20. The standard InChI is InChI=1S/C7H12S.C5H12O2.2C2H6/c1-2-6-4-5-7(3-1)8-6;1-2-3-5(7)4-6;2*1-2/h6-7H,1-5H2;5-7H,2-4H2,1H3;2*1-2H3. The van der Waals surface area contributed by atoms with Gasteiger partial charge in [-0.25, -0.2) is 0 Å². The first kappa shape index (κ1) is 21.6. The summed E-state index contributed by atoms with van der Waals surface area (Å²) in [6.45, 7) is 9.87. The average Bonchev–Trinajstić information content (AvgIpc) is 2.82. The summed E-state index contributed by atoms with van der Waals surface area (Å²) in [6.07, 6.45) is 8.73. The molecule has 2 fully saturated rings. The molecule has 0 aromatic carbocycles. The van der Waals surface area contributed by atoms with Crippen molar-refractivity contribution in [2.45, 2.75) is 96.2 Å². The third-order valence-electron chi connectivity index (χ3n) is 3.08.